The van der Waals surface area contributed by atoms with Crippen molar-refractivity contribution in [3.05, 3.63) is 48.2 Å². The molecule has 0 bridgehead atoms. The summed E-state index contributed by atoms with van der Waals surface area (Å²) in [6, 6.07) is 10.2. The van der Waals surface area contributed by atoms with Gasteiger partial charge in [0.05, 0.1) is 0 Å². The van der Waals surface area contributed by atoms with Crippen LogP contribution >= 0.6 is 0 Å². The summed E-state index contributed by atoms with van der Waals surface area (Å²) in [6.07, 6.45) is 2.62. The van der Waals surface area contributed by atoms with E-state index < -0.39 is 29.2 Å². The van der Waals surface area contributed by atoms with Gasteiger partial charge in [-0.05, 0) is 0 Å². The SMILES string of the molecule is C[C@@H]1CN(c2ncccc2C(=O)NS(=O)(=O)c2ccc[c]([Ge]([CH3])([CH3])[CH3])c2)C(C)(C)C1. The molecule has 1 atom stereocenters. The summed E-state index contributed by atoms with van der Waals surface area (Å²) in [5.74, 6) is 6.93. The fraction of sp³-hybridized carbons (Fsp3) is 0.455. The second-order valence-electron chi connectivity index (χ2n) is 9.82. The van der Waals surface area contributed by atoms with Gasteiger partial charge in [0.25, 0.3) is 0 Å². The molecule has 162 valence electrons. The van der Waals surface area contributed by atoms with Gasteiger partial charge in [-0.15, -0.1) is 0 Å². The van der Waals surface area contributed by atoms with E-state index in [0.717, 1.165) is 17.4 Å². The van der Waals surface area contributed by atoms with Crippen LogP contribution in [0.1, 0.15) is 37.6 Å². The number of pyridine rings is 1. The molecule has 1 aromatic heterocycles. The predicted molar refractivity (Wildman–Crippen MR) is 124 cm³/mol. The van der Waals surface area contributed by atoms with Crippen molar-refractivity contribution in [3.63, 3.8) is 0 Å². The zero-order chi connectivity index (χ0) is 22.3. The molecule has 1 N–H and O–H groups in total. The number of carbonyl (C=O) groups excluding carboxylic acids is 1. The number of rotatable bonds is 5. The average Bonchev–Trinajstić information content (AvgIpc) is 2.92. The molecule has 2 heterocycles. The second kappa shape index (κ2) is 8.00. The van der Waals surface area contributed by atoms with E-state index >= 15 is 0 Å². The first-order chi connectivity index (χ1) is 13.8. The number of sulfonamides is 1. The van der Waals surface area contributed by atoms with Crippen LogP contribution in [0.5, 0.6) is 0 Å². The zero-order valence-corrected chi connectivity index (χ0v) is 21.5. The summed E-state index contributed by atoms with van der Waals surface area (Å²) < 4.78 is 29.3. The summed E-state index contributed by atoms with van der Waals surface area (Å²) in [5.41, 5.74) is 0.113. The van der Waals surface area contributed by atoms with Crippen molar-refractivity contribution >= 4 is 39.4 Å². The van der Waals surface area contributed by atoms with E-state index in [9.17, 15) is 13.2 Å². The van der Waals surface area contributed by atoms with Crippen molar-refractivity contribution in [1.29, 1.82) is 0 Å². The van der Waals surface area contributed by atoms with Gasteiger partial charge in [-0.25, -0.2) is 0 Å². The Kier molecular flexibility index (Phi) is 6.08. The molecule has 1 aliphatic heterocycles. The van der Waals surface area contributed by atoms with Crippen molar-refractivity contribution in [2.75, 3.05) is 11.4 Å². The third-order valence-electron chi connectivity index (χ3n) is 5.60. The molecule has 0 spiro atoms. The van der Waals surface area contributed by atoms with Crippen molar-refractivity contribution in [2.24, 2.45) is 5.92 Å². The Bertz CT molecular complexity index is 1060. The van der Waals surface area contributed by atoms with Gasteiger partial charge in [0.15, 0.2) is 0 Å². The van der Waals surface area contributed by atoms with Crippen LogP contribution in [0.3, 0.4) is 0 Å². The van der Waals surface area contributed by atoms with Crippen LogP contribution < -0.4 is 14.0 Å². The Morgan fingerprint density at radius 2 is 1.90 bits per heavy atom. The molecule has 1 aliphatic rings. The first kappa shape index (κ1) is 22.8. The van der Waals surface area contributed by atoms with Gasteiger partial charge >= 0.3 is 183 Å². The average molecular weight is 490 g/mol. The molecule has 0 aliphatic carbocycles. The predicted octanol–water partition coefficient (Wildman–Crippen LogP) is 3.37. The zero-order valence-electron chi connectivity index (χ0n) is 18.6. The number of nitrogens with zero attached hydrogens (tertiary/aromatic N) is 2. The van der Waals surface area contributed by atoms with Gasteiger partial charge in [0, 0.05) is 0 Å². The van der Waals surface area contributed by atoms with Crippen LogP contribution in [0, 0.1) is 5.92 Å². The third kappa shape index (κ3) is 4.72. The summed E-state index contributed by atoms with van der Waals surface area (Å²) in [7, 11) is -3.99. The molecule has 0 unspecified atom stereocenters. The van der Waals surface area contributed by atoms with Crippen LogP contribution in [-0.2, 0) is 10.0 Å². The first-order valence-electron chi connectivity index (χ1n) is 10.2. The quantitative estimate of drug-likeness (QED) is 0.651. The number of hydrogen-bond donors (Lipinski definition) is 1. The molecule has 3 rings (SSSR count). The van der Waals surface area contributed by atoms with Gasteiger partial charge in [0.2, 0.25) is 0 Å². The Morgan fingerprint density at radius 3 is 2.50 bits per heavy atom. The van der Waals surface area contributed by atoms with E-state index in [1.807, 2.05) is 6.07 Å². The maximum absolute atomic E-state index is 13.0. The van der Waals surface area contributed by atoms with E-state index in [-0.39, 0.29) is 16.0 Å². The standard InChI is InChI=1S/C22H31GeN3O3S/c1-16-14-22(2,3)26(15-16)20-19(11-8-12-24-20)21(27)25-30(28,29)18-10-7-9-17(13-18)23(4,5)6/h7-13,16H,14-15H2,1-6H3,(H,25,27)/t16-/m0/s1. The number of nitrogens with one attached hydrogen (secondary N) is 1. The normalized spacial score (nSPS) is 19.0. The van der Waals surface area contributed by atoms with Gasteiger partial charge in [-0.1, -0.05) is 0 Å². The van der Waals surface area contributed by atoms with E-state index in [0.29, 0.717) is 11.7 Å². The fourth-order valence-electron chi connectivity index (χ4n) is 4.11. The van der Waals surface area contributed by atoms with E-state index in [4.69, 9.17) is 0 Å². The van der Waals surface area contributed by atoms with Crippen LogP contribution in [-0.4, -0.2) is 44.7 Å². The molecule has 1 amide bonds. The van der Waals surface area contributed by atoms with Crippen LogP contribution in [0.25, 0.3) is 0 Å². The number of aromatic nitrogens is 1. The molecule has 1 aromatic carbocycles. The summed E-state index contributed by atoms with van der Waals surface area (Å²) >= 11 is -2.21. The molecule has 1 fully saturated rings. The Hall–Kier alpha value is -1.87. The third-order valence-corrected chi connectivity index (χ3v) is 11.2. The molecule has 0 saturated carbocycles. The topological polar surface area (TPSA) is 79.4 Å². The molecule has 8 heteroatoms. The molecule has 6 nitrogen and oxygen atoms in total. The van der Waals surface area contributed by atoms with E-state index in [2.05, 4.69) is 52.6 Å². The summed E-state index contributed by atoms with van der Waals surface area (Å²) in [4.78, 5) is 19.7. The number of carbonyl (C=O) groups is 1. The van der Waals surface area contributed by atoms with E-state index in [1.54, 1.807) is 30.5 Å². The second-order valence-corrected chi connectivity index (χ2v) is 22.2. The first-order valence-corrected chi connectivity index (χ1v) is 19.0. The molecule has 1 saturated heterocycles. The van der Waals surface area contributed by atoms with Crippen molar-refractivity contribution in [1.82, 2.24) is 9.71 Å². The minimum absolute atomic E-state index is 0.120. The summed E-state index contributed by atoms with van der Waals surface area (Å²) in [6.45, 7) is 7.18. The Balaban J connectivity index is 1.92. The van der Waals surface area contributed by atoms with Gasteiger partial charge < -0.3 is 0 Å². The minimum atomic E-state index is -3.99. The van der Waals surface area contributed by atoms with Crippen LogP contribution in [0.4, 0.5) is 5.82 Å². The molecule has 0 radical (unpaired) electrons. The molecular weight excluding hydrogens is 459 g/mol. The van der Waals surface area contributed by atoms with Crippen molar-refractivity contribution in [2.45, 2.75) is 54.9 Å². The molecular formula is C22H31GeN3O3S. The Labute approximate surface area is 182 Å². The maximum atomic E-state index is 13.0. The summed E-state index contributed by atoms with van der Waals surface area (Å²) in [5, 5.41) is 0. The molecule has 30 heavy (non-hydrogen) atoms. The number of hydrogen-bond acceptors (Lipinski definition) is 5. The van der Waals surface area contributed by atoms with E-state index in [1.165, 1.54) is 6.07 Å². The fourth-order valence-corrected chi connectivity index (χ4v) is 7.83. The molecule has 2 aromatic rings. The number of amides is 1. The van der Waals surface area contributed by atoms with Crippen LogP contribution in [0.2, 0.25) is 17.3 Å². The van der Waals surface area contributed by atoms with Crippen LogP contribution in [0.15, 0.2) is 47.5 Å². The monoisotopic (exact) mass is 491 g/mol. The van der Waals surface area contributed by atoms with Crippen molar-refractivity contribution in [3.8, 4) is 0 Å². The number of anilines is 1. The van der Waals surface area contributed by atoms with Gasteiger partial charge in [0.1, 0.15) is 0 Å². The van der Waals surface area contributed by atoms with Crippen molar-refractivity contribution < 1.29 is 13.2 Å². The Morgan fingerprint density at radius 1 is 1.20 bits per heavy atom. The van der Waals surface area contributed by atoms with Gasteiger partial charge in [-0.2, -0.15) is 0 Å². The number of benzene rings is 1. The van der Waals surface area contributed by atoms with Gasteiger partial charge in [-0.3, -0.25) is 0 Å².